The van der Waals surface area contributed by atoms with Crippen LogP contribution in [0.2, 0.25) is 15.1 Å². The van der Waals surface area contributed by atoms with Crippen molar-refractivity contribution in [1.82, 2.24) is 10.2 Å². The van der Waals surface area contributed by atoms with E-state index in [2.05, 4.69) is 5.32 Å². The van der Waals surface area contributed by atoms with Crippen LogP contribution in [0.3, 0.4) is 0 Å². The summed E-state index contributed by atoms with van der Waals surface area (Å²) in [5.41, 5.74) is 1.81. The second kappa shape index (κ2) is 12.1. The van der Waals surface area contributed by atoms with Gasteiger partial charge < -0.3 is 10.2 Å². The van der Waals surface area contributed by atoms with Gasteiger partial charge in [-0.2, -0.15) is 0 Å². The number of hydrogen-bond donors (Lipinski definition) is 1. The number of halogens is 3. The smallest absolute Gasteiger partial charge is 0.244 e. The van der Waals surface area contributed by atoms with E-state index in [1.54, 1.807) is 13.8 Å². The zero-order chi connectivity index (χ0) is 25.6. The van der Waals surface area contributed by atoms with E-state index in [4.69, 9.17) is 34.8 Å². The maximum atomic E-state index is 13.6. The molecule has 0 heterocycles. The largest absolute Gasteiger partial charge is 0.355 e. The van der Waals surface area contributed by atoms with Gasteiger partial charge in [0.05, 0.1) is 27.0 Å². The second-order valence-electron chi connectivity index (χ2n) is 7.75. The Bertz CT molecular complexity index is 1160. The molecule has 0 fully saturated rings. The van der Waals surface area contributed by atoms with Crippen LogP contribution >= 0.6 is 34.8 Å². The first-order chi connectivity index (χ1) is 15.9. The van der Waals surface area contributed by atoms with E-state index >= 15 is 0 Å². The second-order valence-corrected chi connectivity index (χ2v) is 10.9. The number of sulfonamides is 1. The van der Waals surface area contributed by atoms with Crippen molar-refractivity contribution in [3.63, 3.8) is 0 Å². The highest BCUT2D eigenvalue weighted by atomic mass is 35.5. The molecule has 1 atom stereocenters. The number of hydrogen-bond acceptors (Lipinski definition) is 4. The molecule has 0 saturated carbocycles. The number of rotatable bonds is 10. The van der Waals surface area contributed by atoms with Crippen molar-refractivity contribution in [3.05, 3.63) is 62.6 Å². The van der Waals surface area contributed by atoms with Gasteiger partial charge in [0, 0.05) is 13.1 Å². The fraction of sp³-hybridized carbons (Fsp3) is 0.391. The summed E-state index contributed by atoms with van der Waals surface area (Å²) >= 11 is 18.3. The first-order valence-corrected chi connectivity index (χ1v) is 13.6. The van der Waals surface area contributed by atoms with Crippen LogP contribution in [0.1, 0.15) is 31.4 Å². The molecule has 11 heteroatoms. The van der Waals surface area contributed by atoms with Crippen LogP contribution in [0.15, 0.2) is 36.4 Å². The number of aryl methyl sites for hydroxylation is 1. The van der Waals surface area contributed by atoms with E-state index in [1.807, 2.05) is 31.2 Å². The first kappa shape index (κ1) is 28.2. The normalized spacial score (nSPS) is 12.2. The zero-order valence-electron chi connectivity index (χ0n) is 19.4. The highest BCUT2D eigenvalue weighted by molar-refractivity contribution is 7.92. The van der Waals surface area contributed by atoms with Gasteiger partial charge in [0.25, 0.3) is 0 Å². The molecule has 0 aliphatic heterocycles. The molecule has 1 N–H and O–H groups in total. The average Bonchev–Trinajstić information content (AvgIpc) is 2.75. The van der Waals surface area contributed by atoms with E-state index in [0.717, 1.165) is 21.7 Å². The van der Waals surface area contributed by atoms with Crippen LogP contribution in [-0.2, 0) is 26.2 Å². The number of nitrogens with zero attached hydrogens (tertiary/aromatic N) is 2. The zero-order valence-corrected chi connectivity index (χ0v) is 22.5. The van der Waals surface area contributed by atoms with Gasteiger partial charge in [0.15, 0.2) is 0 Å². The van der Waals surface area contributed by atoms with Crippen LogP contribution in [0.25, 0.3) is 0 Å². The standard InChI is InChI=1S/C23H28Cl3N3O4S/c1-5-20(23(31)27-6-2)28(13-16-10-8-7-9-15(16)3)22(30)14-29(34(4,32)33)21-12-18(25)17(24)11-19(21)26/h7-12,20H,5-6,13-14H2,1-4H3,(H,27,31). The molecule has 0 aliphatic carbocycles. The number of benzene rings is 2. The Morgan fingerprint density at radius 3 is 2.21 bits per heavy atom. The Labute approximate surface area is 216 Å². The van der Waals surface area contributed by atoms with Crippen LogP contribution in [-0.4, -0.2) is 50.5 Å². The van der Waals surface area contributed by atoms with Crippen LogP contribution in [0.5, 0.6) is 0 Å². The van der Waals surface area contributed by atoms with Gasteiger partial charge in [0.1, 0.15) is 12.6 Å². The van der Waals surface area contributed by atoms with Gasteiger partial charge in [0.2, 0.25) is 21.8 Å². The minimum Gasteiger partial charge on any atom is -0.355 e. The van der Waals surface area contributed by atoms with Crippen molar-refractivity contribution in [2.24, 2.45) is 0 Å². The Morgan fingerprint density at radius 2 is 1.65 bits per heavy atom. The molecule has 2 amide bonds. The maximum Gasteiger partial charge on any atom is 0.244 e. The lowest BCUT2D eigenvalue weighted by Crippen LogP contribution is -2.52. The lowest BCUT2D eigenvalue weighted by atomic mass is 10.1. The van der Waals surface area contributed by atoms with Crippen molar-refractivity contribution >= 4 is 62.3 Å². The minimum absolute atomic E-state index is 0.0221. The van der Waals surface area contributed by atoms with E-state index in [9.17, 15) is 18.0 Å². The van der Waals surface area contributed by atoms with E-state index < -0.39 is 28.5 Å². The summed E-state index contributed by atoms with van der Waals surface area (Å²) in [4.78, 5) is 27.8. The molecule has 0 radical (unpaired) electrons. The Hall–Kier alpha value is -2.00. The Morgan fingerprint density at radius 1 is 1.03 bits per heavy atom. The highest BCUT2D eigenvalue weighted by Gasteiger charge is 2.32. The third-order valence-corrected chi connectivity index (χ3v) is 7.43. The molecule has 0 spiro atoms. The summed E-state index contributed by atoms with van der Waals surface area (Å²) < 4.78 is 26.2. The molecule has 34 heavy (non-hydrogen) atoms. The van der Waals surface area contributed by atoms with Crippen molar-refractivity contribution in [1.29, 1.82) is 0 Å². The van der Waals surface area contributed by atoms with Crippen molar-refractivity contribution in [2.45, 2.75) is 39.8 Å². The molecule has 7 nitrogen and oxygen atoms in total. The number of nitrogens with one attached hydrogen (secondary N) is 1. The van der Waals surface area contributed by atoms with E-state index in [0.29, 0.717) is 13.0 Å². The minimum atomic E-state index is -3.94. The molecular formula is C23H28Cl3N3O4S. The summed E-state index contributed by atoms with van der Waals surface area (Å²) in [7, 11) is -3.94. The maximum absolute atomic E-state index is 13.6. The molecule has 0 bridgehead atoms. The summed E-state index contributed by atoms with van der Waals surface area (Å²) in [6.07, 6.45) is 1.31. The van der Waals surface area contributed by atoms with Gasteiger partial charge in [-0.3, -0.25) is 13.9 Å². The molecule has 2 aromatic rings. The third kappa shape index (κ3) is 7.01. The molecule has 0 saturated heterocycles. The molecular weight excluding hydrogens is 521 g/mol. The van der Waals surface area contributed by atoms with Gasteiger partial charge in [-0.15, -0.1) is 0 Å². The molecule has 2 aromatic carbocycles. The highest BCUT2D eigenvalue weighted by Crippen LogP contribution is 2.35. The predicted octanol–water partition coefficient (Wildman–Crippen LogP) is 4.66. The fourth-order valence-electron chi connectivity index (χ4n) is 3.48. The molecule has 2 rings (SSSR count). The van der Waals surface area contributed by atoms with E-state index in [-0.39, 0.29) is 33.2 Å². The molecule has 0 aliphatic rings. The quantitative estimate of drug-likeness (QED) is 0.437. The average molecular weight is 549 g/mol. The molecule has 0 aromatic heterocycles. The molecule has 1 unspecified atom stereocenters. The van der Waals surface area contributed by atoms with Crippen LogP contribution in [0, 0.1) is 6.92 Å². The van der Waals surface area contributed by atoms with Crippen LogP contribution in [0.4, 0.5) is 5.69 Å². The van der Waals surface area contributed by atoms with E-state index in [1.165, 1.54) is 17.0 Å². The van der Waals surface area contributed by atoms with Crippen molar-refractivity contribution in [3.8, 4) is 0 Å². The van der Waals surface area contributed by atoms with Gasteiger partial charge in [-0.05, 0) is 43.5 Å². The summed E-state index contributed by atoms with van der Waals surface area (Å²) in [6.45, 7) is 5.45. The predicted molar refractivity (Wildman–Crippen MR) is 138 cm³/mol. The summed E-state index contributed by atoms with van der Waals surface area (Å²) in [5.74, 6) is -0.876. The van der Waals surface area contributed by atoms with Gasteiger partial charge in [-0.1, -0.05) is 66.0 Å². The Balaban J connectivity index is 2.52. The first-order valence-electron chi connectivity index (χ1n) is 10.6. The van der Waals surface area contributed by atoms with Crippen molar-refractivity contribution < 1.29 is 18.0 Å². The summed E-state index contributed by atoms with van der Waals surface area (Å²) in [6, 6.07) is 9.32. The third-order valence-electron chi connectivity index (χ3n) is 5.28. The van der Waals surface area contributed by atoms with Gasteiger partial charge >= 0.3 is 0 Å². The fourth-order valence-corrected chi connectivity index (χ4v) is 5.03. The topological polar surface area (TPSA) is 86.8 Å². The lowest BCUT2D eigenvalue weighted by molar-refractivity contribution is -0.140. The lowest BCUT2D eigenvalue weighted by Gasteiger charge is -2.33. The number of amides is 2. The SMILES string of the molecule is CCNC(=O)C(CC)N(Cc1ccccc1C)C(=O)CN(c1cc(Cl)c(Cl)cc1Cl)S(C)(=O)=O. The number of anilines is 1. The number of carbonyl (C=O) groups is 2. The number of likely N-dealkylation sites (N-methyl/N-ethyl adjacent to an activating group) is 1. The number of carbonyl (C=O) groups excluding carboxylic acids is 2. The van der Waals surface area contributed by atoms with Crippen LogP contribution < -0.4 is 9.62 Å². The van der Waals surface area contributed by atoms with Gasteiger partial charge in [-0.25, -0.2) is 8.42 Å². The van der Waals surface area contributed by atoms with Crippen molar-refractivity contribution in [2.75, 3.05) is 23.7 Å². The molecule has 186 valence electrons. The Kier molecular flexibility index (Phi) is 10.1. The summed E-state index contributed by atoms with van der Waals surface area (Å²) in [5, 5.41) is 3.02. The monoisotopic (exact) mass is 547 g/mol.